The number of allylic oxidation sites excluding steroid dienone is 1. The highest BCUT2D eigenvalue weighted by Gasteiger charge is 2.22. The van der Waals surface area contributed by atoms with E-state index in [0.29, 0.717) is 12.0 Å². The highest BCUT2D eigenvalue weighted by molar-refractivity contribution is 6.69. The normalized spacial score (nSPS) is 17.3. The van der Waals surface area contributed by atoms with Crippen LogP contribution in [0.4, 0.5) is 0 Å². The van der Waals surface area contributed by atoms with Gasteiger partial charge < -0.3 is 4.43 Å². The van der Waals surface area contributed by atoms with E-state index in [4.69, 9.17) is 4.43 Å². The minimum Gasteiger partial charge on any atom is -0.411 e. The Balaban J connectivity index is 4.28. The second-order valence-corrected chi connectivity index (χ2v) is 9.45. The molecule has 0 aromatic rings. The Kier molecular flexibility index (Phi) is 6.37. The maximum absolute atomic E-state index is 6.14. The molecular formula is C12H26OSi. The summed E-state index contributed by atoms with van der Waals surface area (Å²) in [4.78, 5) is 0. The van der Waals surface area contributed by atoms with E-state index in [1.807, 2.05) is 0 Å². The molecule has 2 unspecified atom stereocenters. The van der Waals surface area contributed by atoms with Gasteiger partial charge in [-0.15, -0.1) is 0 Å². The molecule has 0 N–H and O–H groups in total. The monoisotopic (exact) mass is 214 g/mol. The van der Waals surface area contributed by atoms with Crippen molar-refractivity contribution < 1.29 is 4.43 Å². The van der Waals surface area contributed by atoms with Gasteiger partial charge in [0.05, 0.1) is 6.10 Å². The second kappa shape index (κ2) is 6.41. The fourth-order valence-corrected chi connectivity index (χ4v) is 2.69. The van der Waals surface area contributed by atoms with Gasteiger partial charge in [0.1, 0.15) is 0 Å². The standard InChI is InChI=1S/C12H26OSi/c1-7-9-11(3)12(10-8-2)13-14(4,5)6/h8,10-12H,7,9H2,1-6H3/b10-8+. The lowest BCUT2D eigenvalue weighted by Gasteiger charge is -2.28. The van der Waals surface area contributed by atoms with Gasteiger partial charge in [-0.2, -0.15) is 0 Å². The zero-order valence-electron chi connectivity index (χ0n) is 10.6. The fourth-order valence-electron chi connectivity index (χ4n) is 1.56. The van der Waals surface area contributed by atoms with Gasteiger partial charge in [0.25, 0.3) is 0 Å². The Hall–Kier alpha value is -0.0831. The first-order valence-corrected chi connectivity index (χ1v) is 9.12. The summed E-state index contributed by atoms with van der Waals surface area (Å²) < 4.78 is 6.14. The zero-order valence-corrected chi connectivity index (χ0v) is 11.6. The van der Waals surface area contributed by atoms with Crippen molar-refractivity contribution in [1.82, 2.24) is 0 Å². The van der Waals surface area contributed by atoms with Crippen molar-refractivity contribution in [2.24, 2.45) is 5.92 Å². The molecular weight excluding hydrogens is 188 g/mol. The van der Waals surface area contributed by atoms with Crippen LogP contribution in [0.1, 0.15) is 33.6 Å². The van der Waals surface area contributed by atoms with E-state index in [1.165, 1.54) is 12.8 Å². The molecule has 0 heterocycles. The summed E-state index contributed by atoms with van der Waals surface area (Å²) in [7, 11) is -1.40. The summed E-state index contributed by atoms with van der Waals surface area (Å²) in [6.07, 6.45) is 7.13. The third kappa shape index (κ3) is 6.38. The third-order valence-electron chi connectivity index (χ3n) is 2.18. The highest BCUT2D eigenvalue weighted by atomic mass is 28.4. The van der Waals surface area contributed by atoms with E-state index in [0.717, 1.165) is 0 Å². The van der Waals surface area contributed by atoms with Crippen molar-refractivity contribution in [2.45, 2.75) is 59.4 Å². The molecule has 0 amide bonds. The van der Waals surface area contributed by atoms with Crippen LogP contribution in [0.25, 0.3) is 0 Å². The van der Waals surface area contributed by atoms with E-state index < -0.39 is 8.32 Å². The molecule has 84 valence electrons. The Morgan fingerprint density at radius 1 is 1.29 bits per heavy atom. The van der Waals surface area contributed by atoms with Crippen LogP contribution in [0.2, 0.25) is 19.6 Å². The molecule has 0 bridgehead atoms. The van der Waals surface area contributed by atoms with Gasteiger partial charge in [0, 0.05) is 0 Å². The van der Waals surface area contributed by atoms with Gasteiger partial charge in [0.2, 0.25) is 0 Å². The van der Waals surface area contributed by atoms with Crippen LogP contribution in [0.15, 0.2) is 12.2 Å². The quantitative estimate of drug-likeness (QED) is 0.475. The van der Waals surface area contributed by atoms with Crippen LogP contribution in [0.3, 0.4) is 0 Å². The summed E-state index contributed by atoms with van der Waals surface area (Å²) in [5.41, 5.74) is 0. The summed E-state index contributed by atoms with van der Waals surface area (Å²) in [6.45, 7) is 13.3. The van der Waals surface area contributed by atoms with E-state index in [1.54, 1.807) is 0 Å². The first kappa shape index (κ1) is 13.9. The Labute approximate surface area is 90.7 Å². The van der Waals surface area contributed by atoms with Gasteiger partial charge in [0.15, 0.2) is 8.32 Å². The van der Waals surface area contributed by atoms with Gasteiger partial charge in [-0.05, 0) is 38.9 Å². The summed E-state index contributed by atoms with van der Waals surface area (Å²) in [5, 5.41) is 0. The minimum atomic E-state index is -1.40. The molecule has 0 saturated heterocycles. The Morgan fingerprint density at radius 2 is 1.86 bits per heavy atom. The van der Waals surface area contributed by atoms with Crippen LogP contribution in [-0.4, -0.2) is 14.4 Å². The fraction of sp³-hybridized carbons (Fsp3) is 0.833. The number of hydrogen-bond donors (Lipinski definition) is 0. The van der Waals surface area contributed by atoms with E-state index in [-0.39, 0.29) is 0 Å². The van der Waals surface area contributed by atoms with Crippen LogP contribution in [-0.2, 0) is 4.43 Å². The van der Waals surface area contributed by atoms with Crippen LogP contribution < -0.4 is 0 Å². The summed E-state index contributed by atoms with van der Waals surface area (Å²) >= 11 is 0. The van der Waals surface area contributed by atoms with Crippen molar-refractivity contribution in [2.75, 3.05) is 0 Å². The Bertz CT molecular complexity index is 170. The lowest BCUT2D eigenvalue weighted by Crippen LogP contribution is -2.34. The lowest BCUT2D eigenvalue weighted by molar-refractivity contribution is 0.173. The van der Waals surface area contributed by atoms with Crippen LogP contribution in [0, 0.1) is 5.92 Å². The SMILES string of the molecule is C/C=C/C(O[Si](C)(C)C)C(C)CCC. The molecule has 1 nitrogen and oxygen atoms in total. The predicted molar refractivity (Wildman–Crippen MR) is 67.1 cm³/mol. The molecule has 0 aliphatic heterocycles. The van der Waals surface area contributed by atoms with E-state index >= 15 is 0 Å². The van der Waals surface area contributed by atoms with Gasteiger partial charge >= 0.3 is 0 Å². The van der Waals surface area contributed by atoms with Gasteiger partial charge in [-0.25, -0.2) is 0 Å². The molecule has 0 aromatic heterocycles. The maximum atomic E-state index is 6.14. The van der Waals surface area contributed by atoms with Crippen molar-refractivity contribution in [3.05, 3.63) is 12.2 Å². The van der Waals surface area contributed by atoms with Crippen molar-refractivity contribution in [3.63, 3.8) is 0 Å². The molecule has 14 heavy (non-hydrogen) atoms. The highest BCUT2D eigenvalue weighted by Crippen LogP contribution is 2.19. The van der Waals surface area contributed by atoms with Crippen LogP contribution in [0.5, 0.6) is 0 Å². The average molecular weight is 214 g/mol. The molecule has 2 atom stereocenters. The van der Waals surface area contributed by atoms with E-state index in [2.05, 4.69) is 52.6 Å². The summed E-state index contributed by atoms with van der Waals surface area (Å²) in [5.74, 6) is 0.642. The molecule has 0 fully saturated rings. The topological polar surface area (TPSA) is 9.23 Å². The Morgan fingerprint density at radius 3 is 2.21 bits per heavy atom. The number of rotatable bonds is 6. The smallest absolute Gasteiger partial charge is 0.184 e. The number of hydrogen-bond acceptors (Lipinski definition) is 1. The first-order chi connectivity index (χ1) is 6.40. The first-order valence-electron chi connectivity index (χ1n) is 5.71. The molecule has 0 aliphatic rings. The largest absolute Gasteiger partial charge is 0.411 e. The van der Waals surface area contributed by atoms with Crippen molar-refractivity contribution >= 4 is 8.32 Å². The molecule has 2 heteroatoms. The van der Waals surface area contributed by atoms with Gasteiger partial charge in [-0.1, -0.05) is 32.4 Å². The van der Waals surface area contributed by atoms with Gasteiger partial charge in [-0.3, -0.25) is 0 Å². The predicted octanol–water partition coefficient (Wildman–Crippen LogP) is 4.22. The van der Waals surface area contributed by atoms with E-state index in [9.17, 15) is 0 Å². The van der Waals surface area contributed by atoms with Crippen molar-refractivity contribution in [3.8, 4) is 0 Å². The average Bonchev–Trinajstić information content (AvgIpc) is 2.01. The molecule has 0 aromatic carbocycles. The minimum absolute atomic E-state index is 0.326. The summed E-state index contributed by atoms with van der Waals surface area (Å²) in [6, 6.07) is 0. The molecule has 0 spiro atoms. The zero-order chi connectivity index (χ0) is 11.2. The molecule has 0 saturated carbocycles. The lowest BCUT2D eigenvalue weighted by atomic mass is 9.99. The third-order valence-corrected chi connectivity index (χ3v) is 3.16. The maximum Gasteiger partial charge on any atom is 0.184 e. The van der Waals surface area contributed by atoms with Crippen molar-refractivity contribution in [1.29, 1.82) is 0 Å². The molecule has 0 aliphatic carbocycles. The molecule has 0 radical (unpaired) electrons. The molecule has 0 rings (SSSR count). The van der Waals surface area contributed by atoms with Crippen LogP contribution >= 0.6 is 0 Å². The second-order valence-electron chi connectivity index (χ2n) is 4.99.